The van der Waals surface area contributed by atoms with Gasteiger partial charge in [-0.15, -0.1) is 5.92 Å². The summed E-state index contributed by atoms with van der Waals surface area (Å²) >= 11 is 0. The molecule has 1 rings (SSSR count). The molecule has 0 unspecified atom stereocenters. The van der Waals surface area contributed by atoms with Crippen LogP contribution < -0.4 is 0 Å². The van der Waals surface area contributed by atoms with Crippen LogP contribution in [0.4, 0.5) is 0 Å². The van der Waals surface area contributed by atoms with Crippen molar-refractivity contribution in [1.82, 2.24) is 0 Å². The molecule has 1 heterocycles. The summed E-state index contributed by atoms with van der Waals surface area (Å²) in [5.74, 6) is 25.1. The Morgan fingerprint density at radius 1 is 0.714 bits per heavy atom. The molecule has 0 spiro atoms. The summed E-state index contributed by atoms with van der Waals surface area (Å²) in [5, 5.41) is 0.301. The second-order valence-electron chi connectivity index (χ2n) is 13.6. The Morgan fingerprint density at radius 2 is 1.19 bits per heavy atom. The van der Waals surface area contributed by atoms with E-state index in [4.69, 9.17) is 18.3 Å². The lowest BCUT2D eigenvalue weighted by molar-refractivity contribution is -0.0454. The smallest absolute Gasteiger partial charge is 0.192 e. The Morgan fingerprint density at radius 3 is 1.74 bits per heavy atom. The quantitative estimate of drug-likeness (QED) is 0.184. The second-order valence-corrected chi connectivity index (χ2v) is 23.1. The molecule has 1 aliphatic rings. The Bertz CT molecular complexity index is 1120. The average molecular weight is 609 g/mol. The molecule has 1 saturated heterocycles. The molecule has 0 radical (unpaired) electrons. The predicted molar refractivity (Wildman–Crippen MR) is 183 cm³/mol. The van der Waals surface area contributed by atoms with Gasteiger partial charge in [0, 0.05) is 19.3 Å². The Balaban J connectivity index is 2.70. The highest BCUT2D eigenvalue weighted by Gasteiger charge is 2.39. The van der Waals surface area contributed by atoms with Gasteiger partial charge in [0.2, 0.25) is 0 Å². The molecule has 0 aromatic rings. The van der Waals surface area contributed by atoms with Gasteiger partial charge in [0.25, 0.3) is 0 Å². The summed E-state index contributed by atoms with van der Waals surface area (Å²) in [6.07, 6.45) is 12.1. The molecule has 0 saturated carbocycles. The zero-order chi connectivity index (χ0) is 31.7. The molecular weight excluding hydrogens is 553 g/mol. The summed E-state index contributed by atoms with van der Waals surface area (Å²) in [5.41, 5.74) is 0. The van der Waals surface area contributed by atoms with Crippen LogP contribution in [0.3, 0.4) is 0 Å². The minimum Gasteiger partial charge on any atom is -0.411 e. The van der Waals surface area contributed by atoms with Crippen LogP contribution in [0.5, 0.6) is 0 Å². The Labute approximate surface area is 261 Å². The first-order chi connectivity index (χ1) is 19.6. The van der Waals surface area contributed by atoms with E-state index in [0.717, 1.165) is 19.3 Å². The second kappa shape index (κ2) is 18.6. The molecule has 0 N–H and O–H groups in total. The lowest BCUT2D eigenvalue weighted by Gasteiger charge is -2.38. The standard InChI is InChI=1S/C36H56O4Si2/c1-12-32(39-41(8,9)35(2,3)4)26-23-21-24-28-33(40-42(10,11)36(5,6)7)27-22-19-17-15-13-14-16-18-20-25-29-34-37-30-31-38-34/h22-23,26-27,32-34H,12,15-16,25,28-31H2,1-11H3/b26-23+,27-22+/t32-,33-/m0/s1. The maximum atomic E-state index is 6.66. The van der Waals surface area contributed by atoms with Gasteiger partial charge in [0.05, 0.1) is 38.3 Å². The SMILES string of the molecule is CC[C@@H](/C=C/C#CC[C@H](/C=C/C#CCC#CCC#CCCC1OCCO1)O[Si](C)(C)C(C)(C)C)O[Si](C)(C)C(C)(C)C. The van der Waals surface area contributed by atoms with Gasteiger partial charge in [-0.1, -0.05) is 89.9 Å². The molecule has 1 fully saturated rings. The molecule has 0 bridgehead atoms. The number of allylic oxidation sites excluding steroid dienone is 2. The largest absolute Gasteiger partial charge is 0.411 e. The van der Waals surface area contributed by atoms with Crippen LogP contribution in [-0.2, 0) is 18.3 Å². The van der Waals surface area contributed by atoms with Crippen molar-refractivity contribution in [3.8, 4) is 47.4 Å². The summed E-state index contributed by atoms with van der Waals surface area (Å²) in [6, 6.07) is 0. The van der Waals surface area contributed by atoms with Crippen LogP contribution in [0.1, 0.15) is 87.0 Å². The van der Waals surface area contributed by atoms with Crippen LogP contribution in [-0.4, -0.2) is 48.3 Å². The lowest BCUT2D eigenvalue weighted by atomic mass is 10.2. The Kier molecular flexibility index (Phi) is 16.8. The maximum Gasteiger partial charge on any atom is 0.192 e. The number of rotatable bonds is 10. The van der Waals surface area contributed by atoms with Crippen molar-refractivity contribution in [2.75, 3.05) is 13.2 Å². The first kappa shape index (κ1) is 38.0. The molecule has 6 heteroatoms. The van der Waals surface area contributed by atoms with Crippen molar-refractivity contribution in [2.45, 2.75) is 142 Å². The molecule has 2 atom stereocenters. The van der Waals surface area contributed by atoms with Gasteiger partial charge in [0.15, 0.2) is 22.9 Å². The number of hydrogen-bond donors (Lipinski definition) is 0. The van der Waals surface area contributed by atoms with Crippen molar-refractivity contribution >= 4 is 16.6 Å². The van der Waals surface area contributed by atoms with Gasteiger partial charge in [0.1, 0.15) is 0 Å². The number of hydrogen-bond acceptors (Lipinski definition) is 4. The zero-order valence-corrected chi connectivity index (χ0v) is 30.3. The fourth-order valence-corrected chi connectivity index (χ4v) is 5.91. The third-order valence-electron chi connectivity index (χ3n) is 8.00. The van der Waals surface area contributed by atoms with Gasteiger partial charge < -0.3 is 18.3 Å². The van der Waals surface area contributed by atoms with Gasteiger partial charge in [-0.3, -0.25) is 0 Å². The van der Waals surface area contributed by atoms with Crippen LogP contribution in [0, 0.1) is 47.4 Å². The van der Waals surface area contributed by atoms with E-state index in [1.165, 1.54) is 0 Å². The van der Waals surface area contributed by atoms with E-state index in [1.54, 1.807) is 0 Å². The number of ether oxygens (including phenoxy) is 2. The van der Waals surface area contributed by atoms with Crippen molar-refractivity contribution in [2.24, 2.45) is 0 Å². The molecule has 0 aromatic carbocycles. The van der Waals surface area contributed by atoms with Crippen LogP contribution >= 0.6 is 0 Å². The monoisotopic (exact) mass is 608 g/mol. The molecule has 1 aliphatic heterocycles. The Hall–Kier alpha value is -2.01. The minimum absolute atomic E-state index is 0.0875. The van der Waals surface area contributed by atoms with Gasteiger partial charge in [-0.05, 0) is 67.0 Å². The highest BCUT2D eigenvalue weighted by atomic mass is 28.4. The predicted octanol–water partition coefficient (Wildman–Crippen LogP) is 8.63. The van der Waals surface area contributed by atoms with Crippen molar-refractivity contribution in [3.63, 3.8) is 0 Å². The summed E-state index contributed by atoms with van der Waals surface area (Å²) in [6.45, 7) is 26.2. The van der Waals surface area contributed by atoms with Crippen molar-refractivity contribution in [3.05, 3.63) is 24.3 Å². The van der Waals surface area contributed by atoms with Crippen LogP contribution in [0.15, 0.2) is 24.3 Å². The van der Waals surface area contributed by atoms with E-state index in [1.807, 2.05) is 18.2 Å². The molecule has 4 nitrogen and oxygen atoms in total. The fraction of sp³-hybridized carbons (Fsp3) is 0.667. The topological polar surface area (TPSA) is 36.9 Å². The van der Waals surface area contributed by atoms with Gasteiger partial charge in [-0.25, -0.2) is 0 Å². The van der Waals surface area contributed by atoms with Gasteiger partial charge in [-0.2, -0.15) is 0 Å². The van der Waals surface area contributed by atoms with E-state index in [9.17, 15) is 0 Å². The first-order valence-electron chi connectivity index (χ1n) is 15.4. The highest BCUT2D eigenvalue weighted by Crippen LogP contribution is 2.38. The molecular formula is C36H56O4Si2. The third kappa shape index (κ3) is 15.5. The third-order valence-corrected chi connectivity index (χ3v) is 17.0. The molecule has 0 aliphatic carbocycles. The highest BCUT2D eigenvalue weighted by molar-refractivity contribution is 6.74. The first-order valence-corrected chi connectivity index (χ1v) is 21.2. The van der Waals surface area contributed by atoms with Crippen LogP contribution in [0.25, 0.3) is 0 Å². The molecule has 0 amide bonds. The van der Waals surface area contributed by atoms with Crippen molar-refractivity contribution in [1.29, 1.82) is 0 Å². The normalized spacial score (nSPS) is 16.1. The van der Waals surface area contributed by atoms with Gasteiger partial charge >= 0.3 is 0 Å². The average Bonchev–Trinajstić information content (AvgIpc) is 3.40. The molecule has 0 aromatic heterocycles. The van der Waals surface area contributed by atoms with E-state index >= 15 is 0 Å². The maximum absolute atomic E-state index is 6.66. The summed E-state index contributed by atoms with van der Waals surface area (Å²) < 4.78 is 24.0. The van der Waals surface area contributed by atoms with Crippen molar-refractivity contribution < 1.29 is 18.3 Å². The molecule has 232 valence electrons. The van der Waals surface area contributed by atoms with E-state index < -0.39 is 16.6 Å². The van der Waals surface area contributed by atoms with E-state index in [0.29, 0.717) is 32.5 Å². The molecule has 42 heavy (non-hydrogen) atoms. The minimum atomic E-state index is -1.96. The van der Waals surface area contributed by atoms with E-state index in [2.05, 4.69) is 128 Å². The fourth-order valence-electron chi connectivity index (χ4n) is 3.29. The zero-order valence-electron chi connectivity index (χ0n) is 28.3. The lowest BCUT2D eigenvalue weighted by Crippen LogP contribution is -2.43. The summed E-state index contributed by atoms with van der Waals surface area (Å²) in [7, 11) is -3.78. The summed E-state index contributed by atoms with van der Waals surface area (Å²) in [4.78, 5) is 0. The van der Waals surface area contributed by atoms with Crippen LogP contribution in [0.2, 0.25) is 36.3 Å². The van der Waals surface area contributed by atoms with E-state index in [-0.39, 0.29) is 28.6 Å².